The molecule has 26 heavy (non-hydrogen) atoms. The first-order valence-electron chi connectivity index (χ1n) is 8.72. The normalized spacial score (nSPS) is 17.0. The number of hydrogen-bond acceptors (Lipinski definition) is 5. The highest BCUT2D eigenvalue weighted by atomic mass is 35.5. The van der Waals surface area contributed by atoms with Gasteiger partial charge in [-0.05, 0) is 38.1 Å². The molecule has 0 bridgehead atoms. The highest BCUT2D eigenvalue weighted by Gasteiger charge is 2.27. The molecule has 1 heterocycles. The van der Waals surface area contributed by atoms with E-state index in [9.17, 15) is 13.2 Å². The molecule has 7 nitrogen and oxygen atoms in total. The summed E-state index contributed by atoms with van der Waals surface area (Å²) in [6.45, 7) is 7.96. The Morgan fingerprint density at radius 1 is 1.31 bits per heavy atom. The van der Waals surface area contributed by atoms with Gasteiger partial charge in [-0.15, -0.1) is 12.4 Å². The summed E-state index contributed by atoms with van der Waals surface area (Å²) >= 11 is 0. The number of carbonyl (C=O) groups is 1. The van der Waals surface area contributed by atoms with E-state index in [0.29, 0.717) is 37.7 Å². The van der Waals surface area contributed by atoms with Crippen molar-refractivity contribution in [1.82, 2.24) is 9.62 Å². The maximum absolute atomic E-state index is 12.9. The Kier molecular flexibility index (Phi) is 8.82. The Morgan fingerprint density at radius 2 is 2.00 bits per heavy atom. The van der Waals surface area contributed by atoms with Crippen LogP contribution in [-0.2, 0) is 14.8 Å². The van der Waals surface area contributed by atoms with Gasteiger partial charge in [-0.25, -0.2) is 8.42 Å². The van der Waals surface area contributed by atoms with Crippen LogP contribution in [0.1, 0.15) is 27.2 Å². The lowest BCUT2D eigenvalue weighted by atomic mass is 10.1. The number of benzene rings is 1. The van der Waals surface area contributed by atoms with Crippen molar-refractivity contribution >= 4 is 34.0 Å². The fourth-order valence-corrected chi connectivity index (χ4v) is 4.50. The minimum atomic E-state index is -3.69. The molecule has 0 aromatic heterocycles. The van der Waals surface area contributed by atoms with Crippen molar-refractivity contribution in [1.29, 1.82) is 0 Å². The second-order valence-corrected chi connectivity index (χ2v) is 7.77. The molecule has 2 rings (SSSR count). The largest absolute Gasteiger partial charge is 0.492 e. The summed E-state index contributed by atoms with van der Waals surface area (Å²) in [4.78, 5) is 12.4. The number of nitrogens with one attached hydrogen (secondary N) is 2. The second-order valence-electron chi connectivity index (χ2n) is 5.86. The van der Waals surface area contributed by atoms with Crippen LogP contribution in [0.5, 0.6) is 5.75 Å². The lowest BCUT2D eigenvalue weighted by Crippen LogP contribution is -2.31. The zero-order valence-corrected chi connectivity index (χ0v) is 17.1. The van der Waals surface area contributed by atoms with E-state index in [-0.39, 0.29) is 29.1 Å². The number of halogens is 1. The van der Waals surface area contributed by atoms with Crippen molar-refractivity contribution in [3.63, 3.8) is 0 Å². The first-order valence-corrected chi connectivity index (χ1v) is 10.2. The fraction of sp³-hybridized carbons (Fsp3) is 0.588. The summed E-state index contributed by atoms with van der Waals surface area (Å²) < 4.78 is 32.7. The van der Waals surface area contributed by atoms with E-state index in [0.717, 1.165) is 13.0 Å². The molecule has 1 aromatic carbocycles. The second kappa shape index (κ2) is 10.1. The van der Waals surface area contributed by atoms with Crippen molar-refractivity contribution in [3.05, 3.63) is 18.2 Å². The van der Waals surface area contributed by atoms with Crippen LogP contribution in [0.15, 0.2) is 23.1 Å². The lowest BCUT2D eigenvalue weighted by Gasteiger charge is -2.21. The summed E-state index contributed by atoms with van der Waals surface area (Å²) in [6, 6.07) is 4.76. The van der Waals surface area contributed by atoms with Gasteiger partial charge in [0.1, 0.15) is 10.6 Å². The third-order valence-electron chi connectivity index (χ3n) is 4.27. The molecule has 1 amide bonds. The third-order valence-corrected chi connectivity index (χ3v) is 6.34. The topological polar surface area (TPSA) is 87.7 Å². The molecule has 1 aliphatic heterocycles. The Balaban J connectivity index is 0.00000338. The first kappa shape index (κ1) is 22.7. The molecule has 0 saturated carbocycles. The first-order chi connectivity index (χ1) is 11.9. The van der Waals surface area contributed by atoms with E-state index < -0.39 is 10.0 Å². The highest BCUT2D eigenvalue weighted by Crippen LogP contribution is 2.30. The smallest absolute Gasteiger partial charge is 0.246 e. The van der Waals surface area contributed by atoms with Gasteiger partial charge < -0.3 is 15.4 Å². The van der Waals surface area contributed by atoms with E-state index in [1.165, 1.54) is 10.4 Å². The molecule has 1 fully saturated rings. The Labute approximate surface area is 161 Å². The predicted molar refractivity (Wildman–Crippen MR) is 105 cm³/mol. The van der Waals surface area contributed by atoms with Crippen LogP contribution < -0.4 is 15.4 Å². The Bertz CT molecular complexity index is 702. The molecule has 0 radical (unpaired) electrons. The van der Waals surface area contributed by atoms with Crippen LogP contribution in [0.4, 0.5) is 5.69 Å². The van der Waals surface area contributed by atoms with Crippen LogP contribution in [-0.4, -0.2) is 51.4 Å². The number of hydrogen-bond donors (Lipinski definition) is 2. The summed E-state index contributed by atoms with van der Waals surface area (Å²) in [5.74, 6) is 0.115. The quantitative estimate of drug-likeness (QED) is 0.691. The maximum Gasteiger partial charge on any atom is 0.246 e. The van der Waals surface area contributed by atoms with Crippen molar-refractivity contribution < 1.29 is 17.9 Å². The molecule has 1 atom stereocenters. The van der Waals surface area contributed by atoms with Crippen LogP contribution >= 0.6 is 12.4 Å². The number of anilines is 1. The average Bonchev–Trinajstić information content (AvgIpc) is 3.12. The zero-order chi connectivity index (χ0) is 18.4. The lowest BCUT2D eigenvalue weighted by molar-refractivity contribution is -0.119. The van der Waals surface area contributed by atoms with Crippen LogP contribution in [0, 0.1) is 5.92 Å². The number of rotatable bonds is 8. The molecular formula is C17H28ClN3O4S. The van der Waals surface area contributed by atoms with Gasteiger partial charge in [-0.1, -0.05) is 13.8 Å². The number of amides is 1. The van der Waals surface area contributed by atoms with E-state index in [4.69, 9.17) is 4.74 Å². The van der Waals surface area contributed by atoms with Gasteiger partial charge in [-0.2, -0.15) is 4.31 Å². The van der Waals surface area contributed by atoms with Gasteiger partial charge >= 0.3 is 0 Å². The van der Waals surface area contributed by atoms with Crippen molar-refractivity contribution in [3.8, 4) is 5.75 Å². The van der Waals surface area contributed by atoms with Crippen LogP contribution in [0.3, 0.4) is 0 Å². The maximum atomic E-state index is 12.9. The standard InChI is InChI=1S/C17H27N3O4S.ClH/c1-4-20(5-2)25(22,23)16-11-14(7-8-15(16)24-6-3)19-17(21)13-9-10-18-12-13;/h7-8,11,13,18H,4-6,9-10,12H2,1-3H3,(H,19,21);1H. The minimum Gasteiger partial charge on any atom is -0.492 e. The summed E-state index contributed by atoms with van der Waals surface area (Å²) in [7, 11) is -3.69. The monoisotopic (exact) mass is 405 g/mol. The van der Waals surface area contributed by atoms with Crippen molar-refractivity contribution in [2.75, 3.05) is 38.1 Å². The van der Waals surface area contributed by atoms with Gasteiger partial charge in [-0.3, -0.25) is 4.79 Å². The van der Waals surface area contributed by atoms with Gasteiger partial charge in [0, 0.05) is 25.3 Å². The van der Waals surface area contributed by atoms with Gasteiger partial charge in [0.05, 0.1) is 12.5 Å². The van der Waals surface area contributed by atoms with E-state index in [1.54, 1.807) is 32.9 Å². The fourth-order valence-electron chi connectivity index (χ4n) is 2.89. The molecule has 1 saturated heterocycles. The summed E-state index contributed by atoms with van der Waals surface area (Å²) in [5.41, 5.74) is 0.464. The molecule has 148 valence electrons. The van der Waals surface area contributed by atoms with Gasteiger partial charge in [0.2, 0.25) is 15.9 Å². The van der Waals surface area contributed by atoms with Gasteiger partial charge in [0.15, 0.2) is 0 Å². The molecule has 0 aliphatic carbocycles. The SMILES string of the molecule is CCOc1ccc(NC(=O)C2CCNC2)cc1S(=O)(=O)N(CC)CC.Cl. The van der Waals surface area contributed by atoms with Crippen LogP contribution in [0.2, 0.25) is 0 Å². The third kappa shape index (κ3) is 5.09. The van der Waals surface area contributed by atoms with E-state index >= 15 is 0 Å². The number of nitrogens with zero attached hydrogens (tertiary/aromatic N) is 1. The predicted octanol–water partition coefficient (Wildman–Crippen LogP) is 2.09. The average molecular weight is 406 g/mol. The van der Waals surface area contributed by atoms with Crippen LogP contribution in [0.25, 0.3) is 0 Å². The van der Waals surface area contributed by atoms with Crippen molar-refractivity contribution in [2.45, 2.75) is 32.1 Å². The summed E-state index contributed by atoms with van der Waals surface area (Å²) in [5, 5.41) is 5.97. The number of sulfonamides is 1. The van der Waals surface area contributed by atoms with E-state index in [2.05, 4.69) is 10.6 Å². The minimum absolute atomic E-state index is 0. The van der Waals surface area contributed by atoms with Gasteiger partial charge in [0.25, 0.3) is 0 Å². The van der Waals surface area contributed by atoms with Crippen molar-refractivity contribution in [2.24, 2.45) is 5.92 Å². The molecule has 9 heteroatoms. The number of carbonyl (C=O) groups excluding carboxylic acids is 1. The molecule has 0 spiro atoms. The summed E-state index contributed by atoms with van der Waals surface area (Å²) in [6.07, 6.45) is 0.785. The molecule has 1 aliphatic rings. The molecule has 1 aromatic rings. The molecule has 1 unspecified atom stereocenters. The number of ether oxygens (including phenoxy) is 1. The molecular weight excluding hydrogens is 378 g/mol. The zero-order valence-electron chi connectivity index (χ0n) is 15.4. The highest BCUT2D eigenvalue weighted by molar-refractivity contribution is 7.89. The Morgan fingerprint density at radius 3 is 2.54 bits per heavy atom. The Hall–Kier alpha value is -1.35. The molecule has 2 N–H and O–H groups in total. The van der Waals surface area contributed by atoms with E-state index in [1.807, 2.05) is 0 Å².